The predicted octanol–water partition coefficient (Wildman–Crippen LogP) is 4.42. The predicted molar refractivity (Wildman–Crippen MR) is 136 cm³/mol. The Bertz CT molecular complexity index is 1170. The summed E-state index contributed by atoms with van der Waals surface area (Å²) in [6.07, 6.45) is 4.42. The zero-order chi connectivity index (χ0) is 23.9. The van der Waals surface area contributed by atoms with Crippen LogP contribution >= 0.6 is 11.3 Å². The Labute approximate surface area is 205 Å². The highest BCUT2D eigenvalue weighted by Crippen LogP contribution is 2.33. The topological polar surface area (TPSA) is 74.7 Å². The third-order valence-electron chi connectivity index (χ3n) is 6.73. The fraction of sp³-hybridized carbons (Fsp3) is 0.407. The summed E-state index contributed by atoms with van der Waals surface area (Å²) in [5, 5.41) is 16.5. The number of carbonyl (C=O) groups is 1. The largest absolute Gasteiger partial charge is 0.497 e. The van der Waals surface area contributed by atoms with Gasteiger partial charge in [0.15, 0.2) is 0 Å². The molecule has 1 aliphatic heterocycles. The highest BCUT2D eigenvalue weighted by molar-refractivity contribution is 7.10. The summed E-state index contributed by atoms with van der Waals surface area (Å²) in [4.78, 5) is 19.8. The zero-order valence-corrected chi connectivity index (χ0v) is 20.5. The average molecular weight is 478 g/mol. The molecule has 1 saturated heterocycles. The minimum Gasteiger partial charge on any atom is -0.497 e. The third kappa shape index (κ3) is 5.76. The first-order chi connectivity index (χ1) is 16.6. The van der Waals surface area contributed by atoms with E-state index >= 15 is 0 Å². The molecule has 178 valence electrons. The summed E-state index contributed by atoms with van der Waals surface area (Å²) < 4.78 is 5.42. The number of nitrogens with zero attached hydrogens (tertiary/aromatic N) is 2. The maximum atomic E-state index is 12.1. The third-order valence-corrected chi connectivity index (χ3v) is 7.51. The lowest BCUT2D eigenvalue weighted by atomic mass is 9.81. The number of carboxylic acid groups (broad SMARTS) is 1. The molecule has 0 radical (unpaired) electrons. The van der Waals surface area contributed by atoms with Gasteiger partial charge in [-0.25, -0.2) is 0 Å². The van der Waals surface area contributed by atoms with Crippen molar-refractivity contribution in [3.05, 3.63) is 58.4 Å². The normalized spacial score (nSPS) is 19.4. The number of aromatic nitrogens is 1. The van der Waals surface area contributed by atoms with E-state index < -0.39 is 5.97 Å². The van der Waals surface area contributed by atoms with Crippen LogP contribution in [0.15, 0.2) is 48.0 Å². The van der Waals surface area contributed by atoms with E-state index in [-0.39, 0.29) is 17.9 Å². The maximum absolute atomic E-state index is 12.1. The quantitative estimate of drug-likeness (QED) is 0.468. The molecule has 1 fully saturated rings. The second kappa shape index (κ2) is 11.5. The number of hydrogen-bond acceptors (Lipinski definition) is 6. The van der Waals surface area contributed by atoms with E-state index in [0.717, 1.165) is 47.3 Å². The number of aliphatic carboxylic acids is 1. The number of ether oxygens (including phenoxy) is 1. The first kappa shape index (κ1) is 24.2. The smallest absolute Gasteiger partial charge is 0.308 e. The van der Waals surface area contributed by atoms with Crippen LogP contribution in [-0.2, 0) is 4.79 Å². The van der Waals surface area contributed by atoms with Crippen molar-refractivity contribution in [2.24, 2.45) is 11.8 Å². The molecule has 0 amide bonds. The zero-order valence-electron chi connectivity index (χ0n) is 19.7. The number of hydrogen-bond donors (Lipinski definition) is 2. The molecule has 34 heavy (non-hydrogen) atoms. The van der Waals surface area contributed by atoms with Gasteiger partial charge in [-0.1, -0.05) is 17.9 Å². The molecule has 2 aromatic heterocycles. The van der Waals surface area contributed by atoms with Crippen LogP contribution in [0.25, 0.3) is 10.9 Å². The molecule has 7 heteroatoms. The molecule has 3 atom stereocenters. The van der Waals surface area contributed by atoms with Crippen LogP contribution in [-0.4, -0.2) is 54.8 Å². The lowest BCUT2D eigenvalue weighted by Gasteiger charge is -2.36. The number of nitrogens with one attached hydrogen (secondary N) is 1. The molecule has 6 nitrogen and oxygen atoms in total. The standard InChI is InChI=1S/C27H31N3O3S/c1-28-25(22-11-13-29-26-10-8-20(33-2)17-23(22)26)9-7-19-12-15-30(18-24(19)27(31)32)14-3-5-21-6-4-16-34-21/h4,6,8,10-11,13,16-17,19,24-25,28H,7,9,12,14-15,18H2,1-2H3,(H,31,32)/t19-,24+,25+/m1/s1. The molecule has 2 N–H and O–H groups in total. The molecule has 3 aromatic rings. The highest BCUT2D eigenvalue weighted by Gasteiger charge is 2.34. The lowest BCUT2D eigenvalue weighted by molar-refractivity contribution is -0.146. The Morgan fingerprint density at radius 1 is 1.38 bits per heavy atom. The molecule has 1 aromatic carbocycles. The van der Waals surface area contributed by atoms with Crippen molar-refractivity contribution in [3.63, 3.8) is 0 Å². The number of thiophene rings is 1. The SMILES string of the molecule is CN[C@@H](CC[C@@H]1CCN(CC#Cc2cccs2)C[C@@H]1C(=O)O)c1ccnc2ccc(OC)cc12. The van der Waals surface area contributed by atoms with Gasteiger partial charge in [-0.15, -0.1) is 11.3 Å². The second-order valence-electron chi connectivity index (χ2n) is 8.71. The van der Waals surface area contributed by atoms with E-state index in [2.05, 4.69) is 27.0 Å². The van der Waals surface area contributed by atoms with Gasteiger partial charge in [-0.2, -0.15) is 0 Å². The molecule has 4 rings (SSSR count). The van der Waals surface area contributed by atoms with Crippen molar-refractivity contribution in [2.45, 2.75) is 25.3 Å². The molecular formula is C27H31N3O3S. The van der Waals surface area contributed by atoms with E-state index in [1.807, 2.05) is 55.0 Å². The van der Waals surface area contributed by atoms with Crippen molar-refractivity contribution in [1.29, 1.82) is 0 Å². The van der Waals surface area contributed by atoms with Crippen LogP contribution in [0.1, 0.15) is 35.7 Å². The van der Waals surface area contributed by atoms with Crippen LogP contribution < -0.4 is 10.1 Å². The van der Waals surface area contributed by atoms with E-state index in [1.54, 1.807) is 18.4 Å². The summed E-state index contributed by atoms with van der Waals surface area (Å²) in [5.41, 5.74) is 2.10. The minimum absolute atomic E-state index is 0.113. The molecular weight excluding hydrogens is 446 g/mol. The Hall–Kier alpha value is -2.92. The maximum Gasteiger partial charge on any atom is 0.308 e. The van der Waals surface area contributed by atoms with Gasteiger partial charge in [-0.05, 0) is 80.0 Å². The fourth-order valence-electron chi connectivity index (χ4n) is 4.84. The number of benzene rings is 1. The Morgan fingerprint density at radius 2 is 2.26 bits per heavy atom. The number of carboxylic acids is 1. The highest BCUT2D eigenvalue weighted by atomic mass is 32.1. The van der Waals surface area contributed by atoms with Gasteiger partial charge in [0, 0.05) is 24.2 Å². The van der Waals surface area contributed by atoms with Gasteiger partial charge in [0.25, 0.3) is 0 Å². The monoisotopic (exact) mass is 477 g/mol. The van der Waals surface area contributed by atoms with E-state index in [0.29, 0.717) is 13.1 Å². The first-order valence-corrected chi connectivity index (χ1v) is 12.5. The van der Waals surface area contributed by atoms with Crippen molar-refractivity contribution >= 4 is 28.2 Å². The summed E-state index contributed by atoms with van der Waals surface area (Å²) >= 11 is 1.62. The number of pyridine rings is 1. The summed E-state index contributed by atoms with van der Waals surface area (Å²) in [5.74, 6) is 6.25. The summed E-state index contributed by atoms with van der Waals surface area (Å²) in [6.45, 7) is 2.05. The summed E-state index contributed by atoms with van der Waals surface area (Å²) in [6, 6.07) is 12.1. The molecule has 1 aliphatic rings. The van der Waals surface area contributed by atoms with Crippen LogP contribution in [0.5, 0.6) is 5.75 Å². The Kier molecular flexibility index (Phi) is 8.17. The van der Waals surface area contributed by atoms with Crippen LogP contribution in [0.4, 0.5) is 0 Å². The van der Waals surface area contributed by atoms with Crippen molar-refractivity contribution < 1.29 is 14.6 Å². The fourth-order valence-corrected chi connectivity index (χ4v) is 5.43. The molecule has 0 aliphatic carbocycles. The van der Waals surface area contributed by atoms with Crippen LogP contribution in [0.2, 0.25) is 0 Å². The Morgan fingerprint density at radius 3 is 3.00 bits per heavy atom. The molecule has 0 saturated carbocycles. The first-order valence-electron chi connectivity index (χ1n) is 11.7. The number of methoxy groups -OCH3 is 1. The average Bonchev–Trinajstić information content (AvgIpc) is 3.38. The van der Waals surface area contributed by atoms with Gasteiger partial charge >= 0.3 is 5.97 Å². The molecule has 3 heterocycles. The van der Waals surface area contributed by atoms with Crippen molar-refractivity contribution in [3.8, 4) is 17.6 Å². The second-order valence-corrected chi connectivity index (χ2v) is 9.66. The minimum atomic E-state index is -0.707. The van der Waals surface area contributed by atoms with Gasteiger partial charge < -0.3 is 15.2 Å². The van der Waals surface area contributed by atoms with Crippen LogP contribution in [0, 0.1) is 23.7 Å². The number of likely N-dealkylation sites (tertiary alicyclic amines) is 1. The lowest BCUT2D eigenvalue weighted by Crippen LogP contribution is -2.44. The number of rotatable bonds is 8. The van der Waals surface area contributed by atoms with Gasteiger partial charge in [-0.3, -0.25) is 14.7 Å². The number of piperidine rings is 1. The van der Waals surface area contributed by atoms with Crippen molar-refractivity contribution in [1.82, 2.24) is 15.2 Å². The molecule has 0 unspecified atom stereocenters. The van der Waals surface area contributed by atoms with E-state index in [9.17, 15) is 9.90 Å². The van der Waals surface area contributed by atoms with Gasteiger partial charge in [0.1, 0.15) is 5.75 Å². The molecule has 0 bridgehead atoms. The molecule has 0 spiro atoms. The van der Waals surface area contributed by atoms with E-state index in [4.69, 9.17) is 4.74 Å². The van der Waals surface area contributed by atoms with Crippen LogP contribution in [0.3, 0.4) is 0 Å². The van der Waals surface area contributed by atoms with Crippen molar-refractivity contribution in [2.75, 3.05) is 33.8 Å². The van der Waals surface area contributed by atoms with E-state index in [1.165, 1.54) is 5.56 Å². The summed E-state index contributed by atoms with van der Waals surface area (Å²) in [7, 11) is 3.62. The van der Waals surface area contributed by atoms with Gasteiger partial charge in [0.2, 0.25) is 0 Å². The number of fused-ring (bicyclic) bond motifs is 1. The Balaban J connectivity index is 1.41. The van der Waals surface area contributed by atoms with Gasteiger partial charge in [0.05, 0.1) is 30.0 Å².